The molecule has 0 bridgehead atoms. The highest BCUT2D eigenvalue weighted by Gasteiger charge is 2.42. The van der Waals surface area contributed by atoms with Gasteiger partial charge in [0.15, 0.2) is 0 Å². The number of thiophene rings is 1. The summed E-state index contributed by atoms with van der Waals surface area (Å²) >= 11 is 1.40. The number of rotatable bonds is 4. The largest absolute Gasteiger partial charge is 0.480 e. The van der Waals surface area contributed by atoms with Crippen molar-refractivity contribution in [2.24, 2.45) is 0 Å². The van der Waals surface area contributed by atoms with Gasteiger partial charge in [-0.15, -0.1) is 11.3 Å². The summed E-state index contributed by atoms with van der Waals surface area (Å²) in [6.45, 7) is 0. The van der Waals surface area contributed by atoms with Crippen LogP contribution in [0.15, 0.2) is 41.8 Å². The molecule has 6 heteroatoms. The van der Waals surface area contributed by atoms with Crippen molar-refractivity contribution in [2.45, 2.75) is 12.5 Å². The van der Waals surface area contributed by atoms with E-state index in [2.05, 4.69) is 0 Å². The molecule has 0 radical (unpaired) electrons. The van der Waals surface area contributed by atoms with E-state index in [1.54, 1.807) is 36.4 Å². The van der Waals surface area contributed by atoms with Crippen LogP contribution in [0.5, 0.6) is 0 Å². The predicted octanol–water partition coefficient (Wildman–Crippen LogP) is 2.04. The molecule has 2 aromatic rings. The Hall–Kier alpha value is -2.47. The van der Waals surface area contributed by atoms with E-state index >= 15 is 0 Å². The van der Waals surface area contributed by atoms with Gasteiger partial charge in [-0.05, 0) is 23.6 Å². The van der Waals surface area contributed by atoms with Crippen LogP contribution in [0.25, 0.3) is 0 Å². The normalized spacial score (nSPS) is 15.1. The maximum atomic E-state index is 12.3. The Morgan fingerprint density at radius 1 is 1.10 bits per heavy atom. The first-order valence-corrected chi connectivity index (χ1v) is 7.19. The van der Waals surface area contributed by atoms with Crippen LogP contribution in [0.1, 0.15) is 25.6 Å². The molecular formula is C15H11NO4S. The second-order valence-electron chi connectivity index (χ2n) is 4.66. The summed E-state index contributed by atoms with van der Waals surface area (Å²) in [5.41, 5.74) is 0.528. The third kappa shape index (κ3) is 2.23. The van der Waals surface area contributed by atoms with Gasteiger partial charge in [-0.2, -0.15) is 0 Å². The van der Waals surface area contributed by atoms with Gasteiger partial charge in [-0.1, -0.05) is 18.2 Å². The minimum absolute atomic E-state index is 0.123. The molecule has 3 rings (SSSR count). The van der Waals surface area contributed by atoms with Crippen molar-refractivity contribution in [2.75, 3.05) is 0 Å². The molecule has 0 saturated heterocycles. The first-order chi connectivity index (χ1) is 10.1. The van der Waals surface area contributed by atoms with Crippen LogP contribution in [-0.4, -0.2) is 33.8 Å². The highest BCUT2D eigenvalue weighted by atomic mass is 32.1. The molecule has 0 spiro atoms. The SMILES string of the molecule is O=C(O)C(Cc1cccs1)N1C(=O)c2ccccc2C1=O. The number of hydrogen-bond acceptors (Lipinski definition) is 4. The highest BCUT2D eigenvalue weighted by molar-refractivity contribution is 7.09. The molecule has 1 atom stereocenters. The molecule has 1 aromatic heterocycles. The van der Waals surface area contributed by atoms with E-state index in [0.717, 1.165) is 9.78 Å². The first-order valence-electron chi connectivity index (χ1n) is 6.31. The van der Waals surface area contributed by atoms with E-state index in [9.17, 15) is 19.5 Å². The minimum atomic E-state index is -1.18. The van der Waals surface area contributed by atoms with Crippen molar-refractivity contribution in [3.05, 3.63) is 57.8 Å². The summed E-state index contributed by atoms with van der Waals surface area (Å²) in [5.74, 6) is -2.27. The van der Waals surface area contributed by atoms with E-state index < -0.39 is 23.8 Å². The van der Waals surface area contributed by atoms with Crippen molar-refractivity contribution >= 4 is 29.1 Å². The number of fused-ring (bicyclic) bond motifs is 1. The number of hydrogen-bond donors (Lipinski definition) is 1. The fourth-order valence-corrected chi connectivity index (χ4v) is 3.14. The van der Waals surface area contributed by atoms with Gasteiger partial charge in [0.2, 0.25) is 0 Å². The van der Waals surface area contributed by atoms with E-state index in [1.165, 1.54) is 11.3 Å². The standard InChI is InChI=1S/C15H11NO4S/c17-13-10-5-1-2-6-11(10)14(18)16(13)12(15(19)20)8-9-4-3-7-21-9/h1-7,12H,8H2,(H,19,20). The molecule has 2 heterocycles. The van der Waals surface area contributed by atoms with Gasteiger partial charge in [-0.25, -0.2) is 4.79 Å². The lowest BCUT2D eigenvalue weighted by molar-refractivity contribution is -0.141. The van der Waals surface area contributed by atoms with Crippen molar-refractivity contribution in [1.82, 2.24) is 4.90 Å². The van der Waals surface area contributed by atoms with Crippen molar-refractivity contribution in [3.63, 3.8) is 0 Å². The summed E-state index contributed by atoms with van der Waals surface area (Å²) in [6, 6.07) is 8.81. The molecular weight excluding hydrogens is 290 g/mol. The molecule has 1 N–H and O–H groups in total. The second kappa shape index (κ2) is 5.14. The average Bonchev–Trinajstić information content (AvgIpc) is 3.06. The van der Waals surface area contributed by atoms with Crippen LogP contribution in [0, 0.1) is 0 Å². The monoisotopic (exact) mass is 301 g/mol. The quantitative estimate of drug-likeness (QED) is 0.877. The molecule has 1 unspecified atom stereocenters. The van der Waals surface area contributed by atoms with Crippen LogP contribution in [0.2, 0.25) is 0 Å². The Labute approximate surface area is 124 Å². The Morgan fingerprint density at radius 2 is 1.71 bits per heavy atom. The number of carbonyl (C=O) groups is 3. The van der Waals surface area contributed by atoms with Gasteiger partial charge in [0.1, 0.15) is 6.04 Å². The van der Waals surface area contributed by atoms with Gasteiger partial charge in [0.25, 0.3) is 11.8 Å². The number of nitrogens with zero attached hydrogens (tertiary/aromatic N) is 1. The number of carboxylic acid groups (broad SMARTS) is 1. The topological polar surface area (TPSA) is 74.7 Å². The molecule has 106 valence electrons. The summed E-state index contributed by atoms with van der Waals surface area (Å²) in [6.07, 6.45) is 0.123. The van der Waals surface area contributed by atoms with Gasteiger partial charge in [-0.3, -0.25) is 14.5 Å². The first kappa shape index (κ1) is 13.5. The molecule has 5 nitrogen and oxygen atoms in total. The van der Waals surface area contributed by atoms with E-state index in [-0.39, 0.29) is 17.5 Å². The van der Waals surface area contributed by atoms with E-state index in [1.807, 2.05) is 5.38 Å². The van der Waals surface area contributed by atoms with E-state index in [0.29, 0.717) is 0 Å². The fourth-order valence-electron chi connectivity index (χ4n) is 2.40. The summed E-state index contributed by atoms with van der Waals surface area (Å²) < 4.78 is 0. The molecule has 1 aromatic carbocycles. The average molecular weight is 301 g/mol. The number of carbonyl (C=O) groups excluding carboxylic acids is 2. The van der Waals surface area contributed by atoms with Crippen LogP contribution in [-0.2, 0) is 11.2 Å². The predicted molar refractivity (Wildman–Crippen MR) is 76.4 cm³/mol. The lowest BCUT2D eigenvalue weighted by Gasteiger charge is -2.21. The summed E-state index contributed by atoms with van der Waals surface area (Å²) in [4.78, 5) is 37.8. The molecule has 0 aliphatic carbocycles. The number of amides is 2. The Kier molecular flexibility index (Phi) is 3.31. The Morgan fingerprint density at radius 3 is 2.19 bits per heavy atom. The molecule has 1 aliphatic rings. The van der Waals surface area contributed by atoms with Crippen molar-refractivity contribution in [3.8, 4) is 0 Å². The zero-order chi connectivity index (χ0) is 15.0. The molecule has 21 heavy (non-hydrogen) atoms. The van der Waals surface area contributed by atoms with Crippen LogP contribution in [0.4, 0.5) is 0 Å². The van der Waals surface area contributed by atoms with Gasteiger partial charge in [0, 0.05) is 11.3 Å². The molecule has 0 saturated carbocycles. The van der Waals surface area contributed by atoms with Gasteiger partial charge < -0.3 is 5.11 Å². The fraction of sp³-hybridized carbons (Fsp3) is 0.133. The van der Waals surface area contributed by atoms with E-state index in [4.69, 9.17) is 0 Å². The minimum Gasteiger partial charge on any atom is -0.480 e. The molecule has 2 amide bonds. The number of benzene rings is 1. The lowest BCUT2D eigenvalue weighted by Crippen LogP contribution is -2.46. The Bertz CT molecular complexity index is 688. The van der Waals surface area contributed by atoms with Crippen molar-refractivity contribution in [1.29, 1.82) is 0 Å². The smallest absolute Gasteiger partial charge is 0.327 e. The highest BCUT2D eigenvalue weighted by Crippen LogP contribution is 2.26. The zero-order valence-electron chi connectivity index (χ0n) is 10.9. The summed E-state index contributed by atoms with van der Waals surface area (Å²) in [7, 11) is 0. The number of aliphatic carboxylic acids is 1. The molecule has 1 aliphatic heterocycles. The third-order valence-electron chi connectivity index (χ3n) is 3.40. The van der Waals surface area contributed by atoms with Gasteiger partial charge >= 0.3 is 5.97 Å². The third-order valence-corrected chi connectivity index (χ3v) is 4.30. The number of imide groups is 1. The van der Waals surface area contributed by atoms with Gasteiger partial charge in [0.05, 0.1) is 11.1 Å². The Balaban J connectivity index is 1.96. The number of carboxylic acids is 1. The second-order valence-corrected chi connectivity index (χ2v) is 5.70. The maximum Gasteiger partial charge on any atom is 0.327 e. The van der Waals surface area contributed by atoms with Crippen LogP contribution >= 0.6 is 11.3 Å². The van der Waals surface area contributed by atoms with Crippen LogP contribution in [0.3, 0.4) is 0 Å². The lowest BCUT2D eigenvalue weighted by atomic mass is 10.1. The van der Waals surface area contributed by atoms with Crippen LogP contribution < -0.4 is 0 Å². The zero-order valence-corrected chi connectivity index (χ0v) is 11.7. The molecule has 0 fully saturated rings. The maximum absolute atomic E-state index is 12.3. The summed E-state index contributed by atoms with van der Waals surface area (Å²) in [5, 5.41) is 11.2. The van der Waals surface area contributed by atoms with Crippen molar-refractivity contribution < 1.29 is 19.5 Å².